The summed E-state index contributed by atoms with van der Waals surface area (Å²) in [6.07, 6.45) is 2.25. The minimum Gasteiger partial charge on any atom is -0.490 e. The highest BCUT2D eigenvalue weighted by atomic mass is 35.5. The average molecular weight is 479 g/mol. The molecule has 0 amide bonds. The molecule has 0 fully saturated rings. The molecule has 7 heteroatoms. The second-order valence-electron chi connectivity index (χ2n) is 7.93. The smallest absolute Gasteiger partial charge is 0.321 e. The monoisotopic (exact) mass is 478 g/mol. The number of ether oxygens (including phenoxy) is 2. The number of halogens is 1. The molecule has 4 aromatic rings. The fourth-order valence-corrected chi connectivity index (χ4v) is 4.02. The van der Waals surface area contributed by atoms with Crippen LogP contribution in [0.2, 0.25) is 5.02 Å². The first-order valence-electron chi connectivity index (χ1n) is 11.2. The molecule has 0 aliphatic rings. The molecule has 0 aliphatic heterocycles. The van der Waals surface area contributed by atoms with Crippen LogP contribution in [0, 0.1) is 0 Å². The van der Waals surface area contributed by atoms with Gasteiger partial charge in [0, 0.05) is 40.7 Å². The molecule has 1 atom stereocenters. The van der Waals surface area contributed by atoms with Crippen molar-refractivity contribution in [3.05, 3.63) is 94.6 Å². The molecule has 0 aliphatic carbocycles. The predicted molar refractivity (Wildman–Crippen MR) is 134 cm³/mol. The molecule has 0 saturated heterocycles. The lowest BCUT2D eigenvalue weighted by Crippen LogP contribution is -2.38. The number of aromatic nitrogens is 1. The van der Waals surface area contributed by atoms with Gasteiger partial charge in [-0.3, -0.25) is 4.79 Å². The summed E-state index contributed by atoms with van der Waals surface area (Å²) < 4.78 is 11.7. The van der Waals surface area contributed by atoms with Crippen molar-refractivity contribution in [3.8, 4) is 11.5 Å². The molecule has 4 rings (SSSR count). The summed E-state index contributed by atoms with van der Waals surface area (Å²) in [4.78, 5) is 15.1. The van der Waals surface area contributed by atoms with Crippen molar-refractivity contribution in [1.82, 2.24) is 10.3 Å². The van der Waals surface area contributed by atoms with Gasteiger partial charge in [0.15, 0.2) is 11.5 Å². The molecule has 3 N–H and O–H groups in total. The Hall–Kier alpha value is -3.48. The molecular formula is C27H27ClN2O4. The quantitative estimate of drug-likeness (QED) is 0.262. The number of aromatic amines is 1. The molecule has 0 radical (unpaired) electrons. The molecule has 1 aromatic heterocycles. The van der Waals surface area contributed by atoms with Crippen LogP contribution in [0.1, 0.15) is 23.6 Å². The number of H-pyrrole nitrogens is 1. The van der Waals surface area contributed by atoms with E-state index in [1.165, 1.54) is 0 Å². The van der Waals surface area contributed by atoms with E-state index in [0.29, 0.717) is 42.7 Å². The highest BCUT2D eigenvalue weighted by Gasteiger charge is 2.19. The van der Waals surface area contributed by atoms with Gasteiger partial charge in [0.2, 0.25) is 0 Å². The van der Waals surface area contributed by atoms with Gasteiger partial charge in [-0.15, -0.1) is 0 Å². The average Bonchev–Trinajstić information content (AvgIpc) is 3.25. The number of para-hydroxylation sites is 1. The lowest BCUT2D eigenvalue weighted by Gasteiger charge is -2.17. The van der Waals surface area contributed by atoms with E-state index < -0.39 is 12.0 Å². The Kier molecular flexibility index (Phi) is 7.72. The SMILES string of the molecule is CCOc1cc(CN[C@H](Cc2c[nH]c3ccccc23)C(=O)O)ccc1OCc1ccccc1Cl. The van der Waals surface area contributed by atoms with E-state index in [2.05, 4.69) is 10.3 Å². The van der Waals surface area contributed by atoms with E-state index in [-0.39, 0.29) is 0 Å². The molecule has 34 heavy (non-hydrogen) atoms. The van der Waals surface area contributed by atoms with Crippen LogP contribution in [0.25, 0.3) is 10.9 Å². The van der Waals surface area contributed by atoms with Crippen molar-refractivity contribution in [2.24, 2.45) is 0 Å². The Morgan fingerprint density at radius 1 is 1.03 bits per heavy atom. The third-order valence-electron chi connectivity index (χ3n) is 5.60. The number of carbonyl (C=O) groups is 1. The lowest BCUT2D eigenvalue weighted by molar-refractivity contribution is -0.139. The minimum atomic E-state index is -0.894. The zero-order valence-electron chi connectivity index (χ0n) is 18.9. The minimum absolute atomic E-state index is 0.322. The number of nitrogens with one attached hydrogen (secondary N) is 2. The van der Waals surface area contributed by atoms with Crippen LogP contribution in [0.3, 0.4) is 0 Å². The molecular weight excluding hydrogens is 452 g/mol. The first-order chi connectivity index (χ1) is 16.5. The van der Waals surface area contributed by atoms with Crippen molar-refractivity contribution in [2.75, 3.05) is 6.61 Å². The van der Waals surface area contributed by atoms with Gasteiger partial charge >= 0.3 is 5.97 Å². The first-order valence-corrected chi connectivity index (χ1v) is 11.6. The van der Waals surface area contributed by atoms with E-state index in [4.69, 9.17) is 21.1 Å². The highest BCUT2D eigenvalue weighted by molar-refractivity contribution is 6.31. The lowest BCUT2D eigenvalue weighted by atomic mass is 10.0. The van der Waals surface area contributed by atoms with E-state index >= 15 is 0 Å². The molecule has 3 aromatic carbocycles. The van der Waals surface area contributed by atoms with Gasteiger partial charge in [-0.25, -0.2) is 0 Å². The molecule has 0 bridgehead atoms. The molecule has 1 heterocycles. The van der Waals surface area contributed by atoms with E-state index in [0.717, 1.165) is 27.6 Å². The fourth-order valence-electron chi connectivity index (χ4n) is 3.83. The summed E-state index contributed by atoms with van der Waals surface area (Å²) in [6.45, 7) is 3.09. The summed E-state index contributed by atoms with van der Waals surface area (Å²) >= 11 is 6.23. The zero-order valence-corrected chi connectivity index (χ0v) is 19.6. The maximum Gasteiger partial charge on any atom is 0.321 e. The van der Waals surface area contributed by atoms with Crippen molar-refractivity contribution in [1.29, 1.82) is 0 Å². The second-order valence-corrected chi connectivity index (χ2v) is 8.34. The number of hydrogen-bond acceptors (Lipinski definition) is 4. The number of fused-ring (bicyclic) bond motifs is 1. The summed E-state index contributed by atoms with van der Waals surface area (Å²) in [6, 6.07) is 20.3. The number of carboxylic acid groups (broad SMARTS) is 1. The summed E-state index contributed by atoms with van der Waals surface area (Å²) in [5, 5.41) is 14.6. The summed E-state index contributed by atoms with van der Waals surface area (Å²) in [5.74, 6) is 0.325. The van der Waals surface area contributed by atoms with Crippen molar-refractivity contribution < 1.29 is 19.4 Å². The van der Waals surface area contributed by atoms with Crippen molar-refractivity contribution in [2.45, 2.75) is 32.5 Å². The number of carboxylic acids is 1. The van der Waals surface area contributed by atoms with E-state index in [1.54, 1.807) is 0 Å². The number of hydrogen-bond donors (Lipinski definition) is 3. The van der Waals surface area contributed by atoms with Crippen molar-refractivity contribution in [3.63, 3.8) is 0 Å². The predicted octanol–water partition coefficient (Wildman–Crippen LogP) is 5.58. The number of aliphatic carboxylic acids is 1. The number of rotatable bonds is 11. The van der Waals surface area contributed by atoms with E-state index in [9.17, 15) is 9.90 Å². The molecule has 0 saturated carbocycles. The maximum absolute atomic E-state index is 11.9. The normalized spacial score (nSPS) is 11.9. The molecule has 0 unspecified atom stereocenters. The summed E-state index contributed by atoms with van der Waals surface area (Å²) in [5.41, 5.74) is 3.75. The molecule has 176 valence electrons. The van der Waals surface area contributed by atoms with Crippen LogP contribution in [-0.2, 0) is 24.4 Å². The Bertz CT molecular complexity index is 1270. The van der Waals surface area contributed by atoms with Crippen LogP contribution in [0.4, 0.5) is 0 Å². The third kappa shape index (κ3) is 5.71. The summed E-state index contributed by atoms with van der Waals surface area (Å²) in [7, 11) is 0. The number of benzene rings is 3. The van der Waals surface area contributed by atoms with Gasteiger partial charge in [-0.1, -0.05) is 54.1 Å². The fraction of sp³-hybridized carbons (Fsp3) is 0.222. The Labute approximate surface area is 203 Å². The van der Waals surface area contributed by atoms with Crippen LogP contribution in [-0.4, -0.2) is 28.7 Å². The van der Waals surface area contributed by atoms with Crippen LogP contribution in [0.15, 0.2) is 72.9 Å². The van der Waals surface area contributed by atoms with Crippen LogP contribution >= 0.6 is 11.6 Å². The van der Waals surface area contributed by atoms with E-state index in [1.807, 2.05) is 79.9 Å². The van der Waals surface area contributed by atoms with Gasteiger partial charge in [-0.05, 0) is 42.3 Å². The van der Waals surface area contributed by atoms with Gasteiger partial charge in [0.05, 0.1) is 6.61 Å². The van der Waals surface area contributed by atoms with Gasteiger partial charge in [0.25, 0.3) is 0 Å². The largest absolute Gasteiger partial charge is 0.490 e. The first kappa shape index (κ1) is 23.7. The van der Waals surface area contributed by atoms with Gasteiger partial charge < -0.3 is 24.9 Å². The molecule has 6 nitrogen and oxygen atoms in total. The zero-order chi connectivity index (χ0) is 23.9. The van der Waals surface area contributed by atoms with Crippen LogP contribution in [0.5, 0.6) is 11.5 Å². The highest BCUT2D eigenvalue weighted by Crippen LogP contribution is 2.30. The van der Waals surface area contributed by atoms with Gasteiger partial charge in [0.1, 0.15) is 12.6 Å². The van der Waals surface area contributed by atoms with Crippen LogP contribution < -0.4 is 14.8 Å². The Balaban J connectivity index is 1.44. The molecule has 0 spiro atoms. The standard InChI is InChI=1S/C27H27ClN2O4/c1-2-33-26-13-18(11-12-25(26)34-17-19-7-3-5-9-22(19)28)15-29-24(27(31)32)14-20-16-30-23-10-6-4-8-21(20)23/h3-13,16,24,29-30H,2,14-15,17H2,1H3,(H,31,32)/t24-/m1/s1. The third-order valence-corrected chi connectivity index (χ3v) is 5.97. The Morgan fingerprint density at radius 2 is 1.82 bits per heavy atom. The Morgan fingerprint density at radius 3 is 2.62 bits per heavy atom. The second kappa shape index (κ2) is 11.1. The maximum atomic E-state index is 11.9. The van der Waals surface area contributed by atoms with Gasteiger partial charge in [-0.2, -0.15) is 0 Å². The van der Waals surface area contributed by atoms with Crippen molar-refractivity contribution >= 4 is 28.5 Å². The topological polar surface area (TPSA) is 83.6 Å².